The molecule has 3 aromatic rings. The number of likely N-dealkylation sites (tertiary alicyclic amines) is 1. The molecule has 0 bridgehead atoms. The molecule has 0 spiro atoms. The molecule has 4 N–H and O–H groups in total. The number of nitrogens with two attached hydrogens (primary N) is 2. The molecular formula is C26H33N5O2. The number of hydrogen-bond acceptors (Lipinski definition) is 7. The summed E-state index contributed by atoms with van der Waals surface area (Å²) in [5.74, 6) is 2.14. The van der Waals surface area contributed by atoms with Gasteiger partial charge in [0.15, 0.2) is 0 Å². The molecule has 1 fully saturated rings. The summed E-state index contributed by atoms with van der Waals surface area (Å²) in [7, 11) is 0. The van der Waals surface area contributed by atoms with Crippen molar-refractivity contribution in [1.82, 2.24) is 14.9 Å². The van der Waals surface area contributed by atoms with E-state index in [0.29, 0.717) is 25.5 Å². The minimum atomic E-state index is 0.171. The van der Waals surface area contributed by atoms with Crippen molar-refractivity contribution in [3.63, 3.8) is 0 Å². The molecule has 0 amide bonds. The Hall–Kier alpha value is -3.32. The number of nitrogen functional groups attached to an aromatic ring is 2. The third-order valence-corrected chi connectivity index (χ3v) is 5.88. The van der Waals surface area contributed by atoms with E-state index in [1.807, 2.05) is 13.8 Å². The molecule has 0 aliphatic carbocycles. The molecule has 0 atom stereocenters. The van der Waals surface area contributed by atoms with Crippen molar-refractivity contribution in [2.24, 2.45) is 0 Å². The fourth-order valence-corrected chi connectivity index (χ4v) is 4.34. The summed E-state index contributed by atoms with van der Waals surface area (Å²) in [6.45, 7) is 8.47. The Kier molecular flexibility index (Phi) is 7.29. The molecule has 2 aromatic carbocycles. The smallest absolute Gasteiger partial charge is 0.221 e. The summed E-state index contributed by atoms with van der Waals surface area (Å²) in [6.07, 6.45) is 4.83. The lowest BCUT2D eigenvalue weighted by atomic mass is 9.97. The van der Waals surface area contributed by atoms with Gasteiger partial charge in [0.2, 0.25) is 5.95 Å². The van der Waals surface area contributed by atoms with Gasteiger partial charge in [0.25, 0.3) is 0 Å². The zero-order chi connectivity index (χ0) is 23.2. The third kappa shape index (κ3) is 5.54. The van der Waals surface area contributed by atoms with Crippen LogP contribution < -0.4 is 20.9 Å². The van der Waals surface area contributed by atoms with Crippen LogP contribution in [0.4, 0.5) is 11.8 Å². The maximum Gasteiger partial charge on any atom is 0.221 e. The van der Waals surface area contributed by atoms with Crippen LogP contribution in [0, 0.1) is 0 Å². The maximum absolute atomic E-state index is 6.07. The first-order valence-electron chi connectivity index (χ1n) is 11.7. The molecule has 7 heteroatoms. The van der Waals surface area contributed by atoms with E-state index in [1.165, 1.54) is 31.5 Å². The highest BCUT2D eigenvalue weighted by Crippen LogP contribution is 2.41. The van der Waals surface area contributed by atoms with Gasteiger partial charge in [0.1, 0.15) is 17.3 Å². The predicted molar refractivity (Wildman–Crippen MR) is 132 cm³/mol. The van der Waals surface area contributed by atoms with Gasteiger partial charge in [-0.2, -0.15) is 4.98 Å². The quantitative estimate of drug-likeness (QED) is 0.505. The average molecular weight is 448 g/mol. The summed E-state index contributed by atoms with van der Waals surface area (Å²) >= 11 is 0. The van der Waals surface area contributed by atoms with Gasteiger partial charge in [-0.3, -0.25) is 4.90 Å². The van der Waals surface area contributed by atoms with Crippen molar-refractivity contribution in [1.29, 1.82) is 0 Å². The summed E-state index contributed by atoms with van der Waals surface area (Å²) in [5, 5.41) is 0. The molecule has 1 aliphatic heterocycles. The summed E-state index contributed by atoms with van der Waals surface area (Å²) in [6, 6.07) is 12.8. The van der Waals surface area contributed by atoms with Gasteiger partial charge in [-0.1, -0.05) is 24.3 Å². The second kappa shape index (κ2) is 10.5. The summed E-state index contributed by atoms with van der Waals surface area (Å²) in [4.78, 5) is 10.7. The van der Waals surface area contributed by atoms with Crippen LogP contribution in [-0.4, -0.2) is 41.2 Å². The van der Waals surface area contributed by atoms with Gasteiger partial charge in [0.05, 0.1) is 18.8 Å². The highest BCUT2D eigenvalue weighted by Gasteiger charge is 2.18. The van der Waals surface area contributed by atoms with Gasteiger partial charge >= 0.3 is 0 Å². The van der Waals surface area contributed by atoms with Crippen LogP contribution in [0.1, 0.15) is 43.4 Å². The van der Waals surface area contributed by atoms with Crippen molar-refractivity contribution in [3.8, 4) is 22.6 Å². The van der Waals surface area contributed by atoms with Crippen LogP contribution in [0.3, 0.4) is 0 Å². The first kappa shape index (κ1) is 22.9. The standard InChI is InChI=1S/C26H33N5O2/c1-3-32-22-14-19(13-21-16-29-26(28)30-25(21)27)15-23(33-4-2)24(22)20-9-7-18(8-10-20)17-31-11-5-6-12-31/h7-10,14-16H,3-6,11-13,17H2,1-2H3,(H4,27,28,29,30). The molecule has 1 aromatic heterocycles. The van der Waals surface area contributed by atoms with Crippen LogP contribution in [0.15, 0.2) is 42.6 Å². The Morgan fingerprint density at radius 1 is 0.909 bits per heavy atom. The van der Waals surface area contributed by atoms with Gasteiger partial charge < -0.3 is 20.9 Å². The second-order valence-corrected chi connectivity index (χ2v) is 8.33. The minimum Gasteiger partial charge on any atom is -0.493 e. The minimum absolute atomic E-state index is 0.171. The molecule has 1 aliphatic rings. The number of benzene rings is 2. The van der Waals surface area contributed by atoms with E-state index in [1.54, 1.807) is 6.20 Å². The van der Waals surface area contributed by atoms with Gasteiger partial charge in [0, 0.05) is 24.7 Å². The Bertz CT molecular complexity index is 1050. The lowest BCUT2D eigenvalue weighted by Crippen LogP contribution is -2.18. The zero-order valence-electron chi connectivity index (χ0n) is 19.5. The molecule has 7 nitrogen and oxygen atoms in total. The third-order valence-electron chi connectivity index (χ3n) is 5.88. The fraction of sp³-hybridized carbons (Fsp3) is 0.385. The highest BCUT2D eigenvalue weighted by molar-refractivity contribution is 5.78. The van der Waals surface area contributed by atoms with Crippen molar-refractivity contribution >= 4 is 11.8 Å². The van der Waals surface area contributed by atoms with Crippen molar-refractivity contribution in [2.45, 2.75) is 39.7 Å². The summed E-state index contributed by atoms with van der Waals surface area (Å²) < 4.78 is 12.1. The fourth-order valence-electron chi connectivity index (χ4n) is 4.34. The predicted octanol–water partition coefficient (Wildman–Crippen LogP) is 4.29. The van der Waals surface area contributed by atoms with E-state index in [4.69, 9.17) is 20.9 Å². The molecule has 1 saturated heterocycles. The monoisotopic (exact) mass is 447 g/mol. The highest BCUT2D eigenvalue weighted by atomic mass is 16.5. The molecule has 174 valence electrons. The molecule has 0 saturated carbocycles. The Morgan fingerprint density at radius 3 is 2.12 bits per heavy atom. The average Bonchev–Trinajstić information content (AvgIpc) is 3.30. The number of rotatable bonds is 9. The maximum atomic E-state index is 6.07. The lowest BCUT2D eigenvalue weighted by Gasteiger charge is -2.19. The molecule has 33 heavy (non-hydrogen) atoms. The lowest BCUT2D eigenvalue weighted by molar-refractivity contribution is 0.325. The normalized spacial score (nSPS) is 13.9. The van der Waals surface area contributed by atoms with Gasteiger partial charge in [-0.05, 0) is 68.6 Å². The van der Waals surface area contributed by atoms with Crippen molar-refractivity contribution < 1.29 is 9.47 Å². The zero-order valence-corrected chi connectivity index (χ0v) is 19.5. The Morgan fingerprint density at radius 2 is 1.55 bits per heavy atom. The largest absolute Gasteiger partial charge is 0.493 e. The van der Waals surface area contributed by atoms with E-state index in [-0.39, 0.29) is 5.95 Å². The second-order valence-electron chi connectivity index (χ2n) is 8.33. The van der Waals surface area contributed by atoms with Crippen molar-refractivity contribution in [2.75, 3.05) is 37.8 Å². The van der Waals surface area contributed by atoms with Crippen LogP contribution in [0.25, 0.3) is 11.1 Å². The van der Waals surface area contributed by atoms with E-state index in [2.05, 4.69) is 51.3 Å². The topological polar surface area (TPSA) is 99.5 Å². The van der Waals surface area contributed by atoms with Gasteiger partial charge in [-0.25, -0.2) is 4.98 Å². The molecular weight excluding hydrogens is 414 g/mol. The number of aromatic nitrogens is 2. The first-order chi connectivity index (χ1) is 16.1. The van der Waals surface area contributed by atoms with E-state index < -0.39 is 0 Å². The Balaban J connectivity index is 1.67. The number of nitrogens with zero attached hydrogens (tertiary/aromatic N) is 3. The number of anilines is 2. The van der Waals surface area contributed by atoms with Crippen LogP contribution in [0.2, 0.25) is 0 Å². The van der Waals surface area contributed by atoms with Crippen molar-refractivity contribution in [3.05, 3.63) is 59.3 Å². The summed E-state index contributed by atoms with van der Waals surface area (Å²) in [5.41, 5.74) is 16.9. The number of hydrogen-bond donors (Lipinski definition) is 2. The Labute approximate surface area is 195 Å². The van der Waals surface area contributed by atoms with E-state index in [9.17, 15) is 0 Å². The van der Waals surface area contributed by atoms with E-state index in [0.717, 1.165) is 40.3 Å². The number of ether oxygens (including phenoxy) is 2. The molecule has 0 radical (unpaired) electrons. The molecule has 4 rings (SSSR count). The first-order valence-corrected chi connectivity index (χ1v) is 11.7. The molecule has 2 heterocycles. The van der Waals surface area contributed by atoms with E-state index >= 15 is 0 Å². The van der Waals surface area contributed by atoms with Crippen LogP contribution >= 0.6 is 0 Å². The van der Waals surface area contributed by atoms with Crippen LogP contribution in [-0.2, 0) is 13.0 Å². The van der Waals surface area contributed by atoms with Gasteiger partial charge in [-0.15, -0.1) is 0 Å². The molecule has 0 unspecified atom stereocenters. The SMILES string of the molecule is CCOc1cc(Cc2cnc(N)nc2N)cc(OCC)c1-c1ccc(CN2CCCC2)cc1. The van der Waals surface area contributed by atoms with Crippen LogP contribution in [0.5, 0.6) is 11.5 Å².